The quantitative estimate of drug-likeness (QED) is 0.875. The Balaban J connectivity index is 2.44. The molecule has 0 saturated carbocycles. The minimum atomic E-state index is -0.529. The summed E-state index contributed by atoms with van der Waals surface area (Å²) < 4.78 is 2.53. The zero-order valence-electron chi connectivity index (χ0n) is 7.89. The number of rotatable bonds is 3. The van der Waals surface area contributed by atoms with Gasteiger partial charge in [-0.2, -0.15) is 0 Å². The number of pyridine rings is 1. The third-order valence-corrected chi connectivity index (χ3v) is 3.81. The smallest absolute Gasteiger partial charge is 0.259 e. The summed E-state index contributed by atoms with van der Waals surface area (Å²) in [5.74, 6) is 0. The Morgan fingerprint density at radius 1 is 1.53 bits per heavy atom. The molecule has 2 rings (SSSR count). The number of thiophene rings is 1. The van der Waals surface area contributed by atoms with Crippen molar-refractivity contribution < 1.29 is 5.11 Å². The number of hydrogen-bond donors (Lipinski definition) is 1. The van der Waals surface area contributed by atoms with Gasteiger partial charge in [0.1, 0.15) is 0 Å². The maximum absolute atomic E-state index is 11.9. The van der Waals surface area contributed by atoms with Gasteiger partial charge in [0.25, 0.3) is 5.56 Å². The Bertz CT molecular complexity index is 519. The Morgan fingerprint density at radius 3 is 3.07 bits per heavy atom. The number of aliphatic hydroxyl groups is 1. The average Bonchev–Trinajstić information content (AvgIpc) is 2.70. The van der Waals surface area contributed by atoms with E-state index >= 15 is 0 Å². The molecule has 2 aromatic rings. The van der Waals surface area contributed by atoms with Crippen LogP contribution in [0.4, 0.5) is 0 Å². The van der Waals surface area contributed by atoms with Gasteiger partial charge >= 0.3 is 0 Å². The molecule has 0 aromatic carbocycles. The van der Waals surface area contributed by atoms with Gasteiger partial charge < -0.3 is 9.67 Å². The summed E-state index contributed by atoms with van der Waals surface area (Å²) in [6.07, 6.45) is 1.20. The maximum atomic E-state index is 11.9. The summed E-state index contributed by atoms with van der Waals surface area (Å²) in [4.78, 5) is 11.9. The minimum Gasteiger partial charge on any atom is -0.390 e. The zero-order chi connectivity index (χ0) is 10.8. The van der Waals surface area contributed by atoms with E-state index in [1.54, 1.807) is 22.1 Å². The lowest BCUT2D eigenvalue weighted by Gasteiger charge is -2.09. The molecule has 0 spiro atoms. The largest absolute Gasteiger partial charge is 0.390 e. The van der Waals surface area contributed by atoms with E-state index in [1.165, 1.54) is 0 Å². The van der Waals surface area contributed by atoms with Crippen molar-refractivity contribution in [2.45, 2.75) is 12.6 Å². The Kier molecular flexibility index (Phi) is 3.23. The molecule has 0 aliphatic rings. The van der Waals surface area contributed by atoms with Crippen LogP contribution >= 0.6 is 27.3 Å². The number of nitrogens with zero attached hydrogens (tertiary/aromatic N) is 1. The van der Waals surface area contributed by atoms with Gasteiger partial charge in [-0.15, -0.1) is 11.3 Å². The monoisotopic (exact) mass is 287 g/mol. The highest BCUT2D eigenvalue weighted by Crippen LogP contribution is 2.16. The van der Waals surface area contributed by atoms with Crippen LogP contribution < -0.4 is 5.56 Å². The first-order valence-electron chi connectivity index (χ1n) is 4.53. The van der Waals surface area contributed by atoms with Crippen LogP contribution in [0.3, 0.4) is 0 Å². The third-order valence-electron chi connectivity index (χ3n) is 2.18. The molecule has 0 amide bonds. The van der Waals surface area contributed by atoms with Crippen LogP contribution in [-0.2, 0) is 6.54 Å². The number of halogens is 1. The number of alkyl halides is 1. The molecule has 0 radical (unpaired) electrons. The summed E-state index contributed by atoms with van der Waals surface area (Å²) in [6, 6.07) is 3.72. The molecule has 1 unspecified atom stereocenters. The van der Waals surface area contributed by atoms with E-state index in [2.05, 4.69) is 15.9 Å². The number of aromatic nitrogens is 1. The van der Waals surface area contributed by atoms with Crippen LogP contribution in [0.5, 0.6) is 0 Å². The van der Waals surface area contributed by atoms with Gasteiger partial charge in [-0.05, 0) is 17.5 Å². The predicted molar refractivity (Wildman–Crippen MR) is 65.9 cm³/mol. The molecule has 1 atom stereocenters. The summed E-state index contributed by atoms with van der Waals surface area (Å²) in [6.45, 7) is 0.329. The second-order valence-electron chi connectivity index (χ2n) is 3.28. The van der Waals surface area contributed by atoms with Crippen LogP contribution in [0.1, 0.15) is 0 Å². The third kappa shape index (κ3) is 2.14. The van der Waals surface area contributed by atoms with E-state index in [-0.39, 0.29) is 5.56 Å². The molecule has 0 bridgehead atoms. The summed E-state index contributed by atoms with van der Waals surface area (Å²) in [7, 11) is 0. The van der Waals surface area contributed by atoms with E-state index in [0.29, 0.717) is 11.9 Å². The fourth-order valence-corrected chi connectivity index (χ4v) is 2.40. The highest BCUT2D eigenvalue weighted by atomic mass is 79.9. The first kappa shape index (κ1) is 10.9. The zero-order valence-corrected chi connectivity index (χ0v) is 10.3. The second-order valence-corrected chi connectivity index (χ2v) is 4.88. The molecule has 3 nitrogen and oxygen atoms in total. The molecule has 0 fully saturated rings. The normalized spacial score (nSPS) is 13.2. The van der Waals surface area contributed by atoms with Crippen LogP contribution in [0.2, 0.25) is 0 Å². The van der Waals surface area contributed by atoms with Crippen LogP contribution in [-0.4, -0.2) is 21.1 Å². The molecule has 0 saturated heterocycles. The van der Waals surface area contributed by atoms with Crippen LogP contribution in [0.25, 0.3) is 10.1 Å². The molecule has 0 aliphatic carbocycles. The molecule has 15 heavy (non-hydrogen) atoms. The Morgan fingerprint density at radius 2 is 2.33 bits per heavy atom. The SMILES string of the molecule is O=c1c2ccsc2ccn1CC(O)CBr. The van der Waals surface area contributed by atoms with Crippen LogP contribution in [0.15, 0.2) is 28.5 Å². The summed E-state index contributed by atoms with van der Waals surface area (Å²) >= 11 is 4.73. The highest BCUT2D eigenvalue weighted by molar-refractivity contribution is 9.09. The van der Waals surface area contributed by atoms with Crippen molar-refractivity contribution in [3.8, 4) is 0 Å². The Hall–Kier alpha value is -0.650. The van der Waals surface area contributed by atoms with Gasteiger partial charge in [-0.25, -0.2) is 0 Å². The fourth-order valence-electron chi connectivity index (χ4n) is 1.43. The van der Waals surface area contributed by atoms with Crippen molar-refractivity contribution in [3.05, 3.63) is 34.1 Å². The summed E-state index contributed by atoms with van der Waals surface area (Å²) in [5, 5.41) is 12.6. The van der Waals surface area contributed by atoms with Crippen molar-refractivity contribution in [1.29, 1.82) is 0 Å². The first-order valence-corrected chi connectivity index (χ1v) is 6.53. The number of fused-ring (bicyclic) bond motifs is 1. The molecule has 80 valence electrons. The van der Waals surface area contributed by atoms with E-state index in [1.807, 2.05) is 17.5 Å². The standard InChI is InChI=1S/C10H10BrNO2S/c11-5-7(13)6-12-3-1-9-8(10(12)14)2-4-15-9/h1-4,7,13H,5-6H2. The highest BCUT2D eigenvalue weighted by Gasteiger charge is 2.07. The van der Waals surface area contributed by atoms with Gasteiger partial charge in [0.05, 0.1) is 18.0 Å². The maximum Gasteiger partial charge on any atom is 0.259 e. The van der Waals surface area contributed by atoms with Crippen LogP contribution in [0, 0.1) is 0 Å². The van der Waals surface area contributed by atoms with Gasteiger partial charge in [-0.1, -0.05) is 15.9 Å². The molecule has 2 heterocycles. The molecule has 0 aliphatic heterocycles. The molecule has 5 heteroatoms. The number of hydrogen-bond acceptors (Lipinski definition) is 3. The molecular formula is C10H10BrNO2S. The van der Waals surface area contributed by atoms with Crippen molar-refractivity contribution in [2.75, 3.05) is 5.33 Å². The van der Waals surface area contributed by atoms with E-state index in [0.717, 1.165) is 10.1 Å². The van der Waals surface area contributed by atoms with Crippen molar-refractivity contribution in [3.63, 3.8) is 0 Å². The fraction of sp³-hybridized carbons (Fsp3) is 0.300. The van der Waals surface area contributed by atoms with Crippen molar-refractivity contribution in [2.24, 2.45) is 0 Å². The summed E-state index contributed by atoms with van der Waals surface area (Å²) in [5.41, 5.74) is -0.0336. The van der Waals surface area contributed by atoms with Gasteiger partial charge in [0.15, 0.2) is 0 Å². The second kappa shape index (κ2) is 4.47. The lowest BCUT2D eigenvalue weighted by molar-refractivity contribution is 0.178. The van der Waals surface area contributed by atoms with E-state index in [9.17, 15) is 9.90 Å². The Labute approximate surface area is 99.1 Å². The number of aliphatic hydroxyl groups excluding tert-OH is 1. The predicted octanol–water partition coefficient (Wildman–Crippen LogP) is 1.82. The van der Waals surface area contributed by atoms with Gasteiger partial charge in [0.2, 0.25) is 0 Å². The molecule has 1 N–H and O–H groups in total. The van der Waals surface area contributed by atoms with E-state index < -0.39 is 6.10 Å². The van der Waals surface area contributed by atoms with Crippen molar-refractivity contribution >= 4 is 37.4 Å². The minimum absolute atomic E-state index is 0.0336. The topological polar surface area (TPSA) is 42.2 Å². The average molecular weight is 288 g/mol. The first-order chi connectivity index (χ1) is 7.22. The van der Waals surface area contributed by atoms with Gasteiger partial charge in [-0.3, -0.25) is 4.79 Å². The molecule has 2 aromatic heterocycles. The lowest BCUT2D eigenvalue weighted by atomic mass is 10.3. The van der Waals surface area contributed by atoms with Gasteiger partial charge in [0, 0.05) is 16.2 Å². The van der Waals surface area contributed by atoms with E-state index in [4.69, 9.17) is 0 Å². The lowest BCUT2D eigenvalue weighted by Crippen LogP contribution is -2.26. The van der Waals surface area contributed by atoms with Crippen molar-refractivity contribution in [1.82, 2.24) is 4.57 Å². The molecular weight excluding hydrogens is 278 g/mol.